The molecule has 2 heterocycles. The molecule has 0 radical (unpaired) electrons. The van der Waals surface area contributed by atoms with Crippen LogP contribution in [0.3, 0.4) is 0 Å². The molecule has 0 spiro atoms. The number of aliphatic imine (C=N–C) groups is 2. The minimum absolute atomic E-state index is 0.883. The molecule has 0 fully saturated rings. The first-order chi connectivity index (χ1) is 9.92. The van der Waals surface area contributed by atoms with E-state index < -0.39 is 0 Å². The van der Waals surface area contributed by atoms with Crippen molar-refractivity contribution >= 4 is 46.5 Å². The van der Waals surface area contributed by atoms with Crippen LogP contribution in [0.5, 0.6) is 0 Å². The Morgan fingerprint density at radius 1 is 0.650 bits per heavy atom. The lowest BCUT2D eigenvalue weighted by molar-refractivity contribution is 1.46. The van der Waals surface area contributed by atoms with Crippen LogP contribution in [0.4, 0.5) is 11.4 Å². The maximum absolute atomic E-state index is 4.52. The van der Waals surface area contributed by atoms with Gasteiger partial charge in [0, 0.05) is 22.2 Å². The second-order valence-corrected chi connectivity index (χ2v) is 5.99. The fourth-order valence-electron chi connectivity index (χ4n) is 1.68. The topological polar surface area (TPSA) is 24.7 Å². The van der Waals surface area contributed by atoms with Crippen molar-refractivity contribution in [1.82, 2.24) is 0 Å². The van der Waals surface area contributed by atoms with Gasteiger partial charge in [0.15, 0.2) is 0 Å². The zero-order valence-electron chi connectivity index (χ0n) is 10.6. The average Bonchev–Trinajstić information content (AvgIpc) is 3.17. The first-order valence-corrected chi connectivity index (χ1v) is 7.92. The Hall–Kier alpha value is -2.04. The first-order valence-electron chi connectivity index (χ1n) is 6.16. The van der Waals surface area contributed by atoms with Crippen molar-refractivity contribution in [2.45, 2.75) is 0 Å². The summed E-state index contributed by atoms with van der Waals surface area (Å²) in [5.41, 5.74) is 1.77. The molecule has 0 saturated carbocycles. The standard InChI is InChI=1S/C16H12N2S2/c1-2-8-16(18-12-14-6-4-10-20-14)15(7-1)17-11-13-5-3-9-19-13/h1-12H. The van der Waals surface area contributed by atoms with E-state index in [1.165, 1.54) is 0 Å². The van der Waals surface area contributed by atoms with Gasteiger partial charge < -0.3 is 0 Å². The quantitative estimate of drug-likeness (QED) is 0.583. The molecule has 3 aromatic rings. The van der Waals surface area contributed by atoms with E-state index in [1.807, 2.05) is 71.7 Å². The highest BCUT2D eigenvalue weighted by Gasteiger charge is 1.97. The number of para-hydroxylation sites is 2. The van der Waals surface area contributed by atoms with Crippen molar-refractivity contribution in [2.75, 3.05) is 0 Å². The van der Waals surface area contributed by atoms with Crippen LogP contribution in [0.15, 0.2) is 69.3 Å². The average molecular weight is 296 g/mol. The van der Waals surface area contributed by atoms with Gasteiger partial charge >= 0.3 is 0 Å². The summed E-state index contributed by atoms with van der Waals surface area (Å²) in [4.78, 5) is 11.3. The third-order valence-electron chi connectivity index (χ3n) is 2.63. The fraction of sp³-hybridized carbons (Fsp3) is 0. The normalized spacial score (nSPS) is 11.6. The summed E-state index contributed by atoms with van der Waals surface area (Å²) in [6.07, 6.45) is 3.76. The highest BCUT2D eigenvalue weighted by molar-refractivity contribution is 7.12. The van der Waals surface area contributed by atoms with Crippen molar-refractivity contribution in [2.24, 2.45) is 9.98 Å². The Labute approximate surface area is 125 Å². The molecule has 20 heavy (non-hydrogen) atoms. The fourth-order valence-corrected chi connectivity index (χ4v) is 2.85. The largest absolute Gasteiger partial charge is 0.253 e. The molecule has 0 aliphatic carbocycles. The molecule has 0 unspecified atom stereocenters. The predicted molar refractivity (Wildman–Crippen MR) is 89.6 cm³/mol. The molecule has 98 valence electrons. The van der Waals surface area contributed by atoms with Crippen LogP contribution in [-0.4, -0.2) is 12.4 Å². The highest BCUT2D eigenvalue weighted by Crippen LogP contribution is 2.27. The molecule has 0 atom stereocenters. The van der Waals surface area contributed by atoms with Gasteiger partial charge in [0.05, 0.1) is 11.4 Å². The number of nitrogens with zero attached hydrogens (tertiary/aromatic N) is 2. The summed E-state index contributed by atoms with van der Waals surface area (Å²) in [6.45, 7) is 0. The second kappa shape index (κ2) is 6.41. The van der Waals surface area contributed by atoms with Crippen molar-refractivity contribution in [3.05, 3.63) is 69.0 Å². The van der Waals surface area contributed by atoms with Crippen LogP contribution < -0.4 is 0 Å². The van der Waals surface area contributed by atoms with Crippen molar-refractivity contribution in [3.63, 3.8) is 0 Å². The second-order valence-electron chi connectivity index (χ2n) is 4.04. The van der Waals surface area contributed by atoms with E-state index in [-0.39, 0.29) is 0 Å². The molecule has 0 saturated heterocycles. The number of benzene rings is 1. The Morgan fingerprint density at radius 2 is 1.15 bits per heavy atom. The zero-order valence-corrected chi connectivity index (χ0v) is 12.3. The molecule has 0 N–H and O–H groups in total. The Balaban J connectivity index is 1.85. The van der Waals surface area contributed by atoms with Gasteiger partial charge in [-0.1, -0.05) is 24.3 Å². The molecule has 0 amide bonds. The van der Waals surface area contributed by atoms with Crippen molar-refractivity contribution in [3.8, 4) is 0 Å². The summed E-state index contributed by atoms with van der Waals surface area (Å²) >= 11 is 3.35. The van der Waals surface area contributed by atoms with Crippen LogP contribution in [0.2, 0.25) is 0 Å². The number of thiophene rings is 2. The van der Waals surface area contributed by atoms with Crippen LogP contribution in [0, 0.1) is 0 Å². The molecular formula is C16H12N2S2. The lowest BCUT2D eigenvalue weighted by Crippen LogP contribution is -1.75. The first kappa shape index (κ1) is 13.0. The maximum Gasteiger partial charge on any atom is 0.0886 e. The van der Waals surface area contributed by atoms with Gasteiger partial charge in [-0.15, -0.1) is 22.7 Å². The van der Waals surface area contributed by atoms with Crippen LogP contribution >= 0.6 is 22.7 Å². The van der Waals surface area contributed by atoms with E-state index >= 15 is 0 Å². The molecule has 2 aromatic heterocycles. The van der Waals surface area contributed by atoms with Gasteiger partial charge in [-0.25, -0.2) is 0 Å². The third-order valence-corrected chi connectivity index (χ3v) is 4.24. The van der Waals surface area contributed by atoms with Gasteiger partial charge in [-0.05, 0) is 35.0 Å². The van der Waals surface area contributed by atoms with Crippen molar-refractivity contribution < 1.29 is 0 Å². The molecule has 0 bridgehead atoms. The van der Waals surface area contributed by atoms with E-state index in [0.29, 0.717) is 0 Å². The van der Waals surface area contributed by atoms with E-state index in [9.17, 15) is 0 Å². The Kier molecular flexibility index (Phi) is 4.16. The van der Waals surface area contributed by atoms with Gasteiger partial charge in [0.1, 0.15) is 0 Å². The van der Waals surface area contributed by atoms with Gasteiger partial charge in [0.25, 0.3) is 0 Å². The highest BCUT2D eigenvalue weighted by atomic mass is 32.1. The molecule has 0 aliphatic heterocycles. The summed E-state index contributed by atoms with van der Waals surface area (Å²) in [5.74, 6) is 0. The smallest absolute Gasteiger partial charge is 0.0886 e. The molecule has 2 nitrogen and oxygen atoms in total. The molecule has 1 aromatic carbocycles. The molecular weight excluding hydrogens is 284 g/mol. The minimum atomic E-state index is 0.883. The van der Waals surface area contributed by atoms with Crippen LogP contribution in [0.25, 0.3) is 0 Å². The van der Waals surface area contributed by atoms with Gasteiger partial charge in [-0.2, -0.15) is 0 Å². The van der Waals surface area contributed by atoms with E-state index in [2.05, 4.69) is 9.98 Å². The number of hydrogen-bond donors (Lipinski definition) is 0. The number of rotatable bonds is 4. The van der Waals surface area contributed by atoms with E-state index in [1.54, 1.807) is 22.7 Å². The van der Waals surface area contributed by atoms with E-state index in [0.717, 1.165) is 21.1 Å². The monoisotopic (exact) mass is 296 g/mol. The van der Waals surface area contributed by atoms with Crippen LogP contribution in [0.1, 0.15) is 9.75 Å². The zero-order chi connectivity index (χ0) is 13.6. The molecule has 4 heteroatoms. The summed E-state index contributed by atoms with van der Waals surface area (Å²) in [5, 5.41) is 4.09. The van der Waals surface area contributed by atoms with Gasteiger partial charge in [0.2, 0.25) is 0 Å². The SMILES string of the molecule is C(=Nc1ccccc1N=Cc1cccs1)c1cccs1. The summed E-state index contributed by atoms with van der Waals surface area (Å²) in [6, 6.07) is 16.0. The molecule has 3 rings (SSSR count). The summed E-state index contributed by atoms with van der Waals surface area (Å²) in [7, 11) is 0. The minimum Gasteiger partial charge on any atom is -0.253 e. The lowest BCUT2D eigenvalue weighted by atomic mass is 10.3. The number of hydrogen-bond acceptors (Lipinski definition) is 4. The maximum atomic E-state index is 4.52. The van der Waals surface area contributed by atoms with Crippen LogP contribution in [-0.2, 0) is 0 Å². The Morgan fingerprint density at radius 3 is 1.55 bits per heavy atom. The van der Waals surface area contributed by atoms with Gasteiger partial charge in [-0.3, -0.25) is 9.98 Å². The Bertz CT molecular complexity index is 648. The molecule has 0 aliphatic rings. The predicted octanol–water partition coefficient (Wildman–Crippen LogP) is 5.31. The summed E-state index contributed by atoms with van der Waals surface area (Å²) < 4.78 is 0. The van der Waals surface area contributed by atoms with Crippen molar-refractivity contribution in [1.29, 1.82) is 0 Å². The lowest BCUT2D eigenvalue weighted by Gasteiger charge is -1.98. The third kappa shape index (κ3) is 3.29. The van der Waals surface area contributed by atoms with E-state index in [4.69, 9.17) is 0 Å².